The summed E-state index contributed by atoms with van der Waals surface area (Å²) in [6, 6.07) is 7.17. The number of benzene rings is 1. The first kappa shape index (κ1) is 16.0. The lowest BCUT2D eigenvalue weighted by Gasteiger charge is -2.14. The Morgan fingerprint density at radius 1 is 1.25 bits per heavy atom. The first-order chi connectivity index (χ1) is 9.52. The maximum absolute atomic E-state index is 11.7. The van der Waals surface area contributed by atoms with Gasteiger partial charge in [0.15, 0.2) is 0 Å². The molecule has 2 amide bonds. The second kappa shape index (κ2) is 8.16. The summed E-state index contributed by atoms with van der Waals surface area (Å²) in [5, 5.41) is 5.10. The van der Waals surface area contributed by atoms with E-state index in [1.807, 2.05) is 19.9 Å². The van der Waals surface area contributed by atoms with Crippen molar-refractivity contribution >= 4 is 17.5 Å². The van der Waals surface area contributed by atoms with Gasteiger partial charge in [-0.25, -0.2) is 0 Å². The van der Waals surface area contributed by atoms with Gasteiger partial charge in [0.1, 0.15) is 5.75 Å². The molecule has 1 aromatic rings. The second-order valence-electron chi connectivity index (χ2n) is 4.73. The molecule has 0 aliphatic carbocycles. The average molecular weight is 279 g/mol. The van der Waals surface area contributed by atoms with E-state index in [0.717, 1.165) is 0 Å². The minimum absolute atomic E-state index is 0.117. The Kier molecular flexibility index (Phi) is 6.52. The molecule has 0 aliphatic rings. The van der Waals surface area contributed by atoms with Gasteiger partial charge in [-0.15, -0.1) is 0 Å². The quantitative estimate of drug-likeness (QED) is 0.686. The highest BCUT2D eigenvalue weighted by atomic mass is 16.5. The lowest BCUT2D eigenvalue weighted by molar-refractivity contribution is -0.123. The number of ether oxygens (including phenoxy) is 1. The number of para-hydroxylation sites is 2. The third kappa shape index (κ3) is 5.71. The number of anilines is 1. The van der Waals surface area contributed by atoms with Gasteiger partial charge in [0, 0.05) is 0 Å². The van der Waals surface area contributed by atoms with E-state index in [9.17, 15) is 9.59 Å². The van der Waals surface area contributed by atoms with Crippen molar-refractivity contribution in [1.82, 2.24) is 5.32 Å². The molecule has 0 saturated carbocycles. The summed E-state index contributed by atoms with van der Waals surface area (Å²) in [6.45, 7) is 4.40. The predicted octanol–water partition coefficient (Wildman–Crippen LogP) is 0.735. The number of carbonyl (C=O) groups excluding carboxylic acids is 2. The molecule has 0 unspecified atom stereocenters. The van der Waals surface area contributed by atoms with Gasteiger partial charge in [0.05, 0.1) is 25.4 Å². The van der Waals surface area contributed by atoms with Crippen LogP contribution >= 0.6 is 0 Å². The van der Waals surface area contributed by atoms with E-state index >= 15 is 0 Å². The van der Waals surface area contributed by atoms with Crippen molar-refractivity contribution in [3.05, 3.63) is 24.3 Å². The second-order valence-corrected chi connectivity index (χ2v) is 4.73. The molecule has 110 valence electrons. The normalized spacial score (nSPS) is 10.2. The molecule has 0 radical (unpaired) electrons. The number of nitrogens with two attached hydrogens (primary N) is 1. The van der Waals surface area contributed by atoms with Crippen molar-refractivity contribution in [2.75, 3.05) is 25.0 Å². The SMILES string of the molecule is CC(C)COc1ccccc1NC(=O)CNC(=O)CN. The molecule has 0 bridgehead atoms. The third-order valence-electron chi connectivity index (χ3n) is 2.36. The van der Waals surface area contributed by atoms with Gasteiger partial charge in [-0.3, -0.25) is 9.59 Å². The third-order valence-corrected chi connectivity index (χ3v) is 2.36. The first-order valence-electron chi connectivity index (χ1n) is 6.51. The molecule has 0 atom stereocenters. The van der Waals surface area contributed by atoms with Gasteiger partial charge in [-0.05, 0) is 18.1 Å². The molecule has 6 nitrogen and oxygen atoms in total. The number of hydrogen-bond donors (Lipinski definition) is 3. The Balaban J connectivity index is 2.57. The van der Waals surface area contributed by atoms with E-state index in [1.54, 1.807) is 18.2 Å². The standard InChI is InChI=1S/C14H21N3O3/c1-10(2)9-20-12-6-4-3-5-11(12)17-14(19)8-16-13(18)7-15/h3-6,10H,7-9,15H2,1-2H3,(H,16,18)(H,17,19). The largest absolute Gasteiger partial charge is 0.491 e. The van der Waals surface area contributed by atoms with Crippen molar-refractivity contribution in [1.29, 1.82) is 0 Å². The Morgan fingerprint density at radius 3 is 2.60 bits per heavy atom. The van der Waals surface area contributed by atoms with E-state index in [2.05, 4.69) is 10.6 Å². The molecule has 1 aromatic carbocycles. The van der Waals surface area contributed by atoms with Crippen LogP contribution in [0.5, 0.6) is 5.75 Å². The number of rotatable bonds is 7. The number of amides is 2. The molecule has 0 spiro atoms. The maximum atomic E-state index is 11.7. The monoisotopic (exact) mass is 279 g/mol. The van der Waals surface area contributed by atoms with Gasteiger partial charge < -0.3 is 21.1 Å². The molecule has 6 heteroatoms. The van der Waals surface area contributed by atoms with Crippen molar-refractivity contribution in [2.24, 2.45) is 11.7 Å². The smallest absolute Gasteiger partial charge is 0.243 e. The van der Waals surface area contributed by atoms with Crippen molar-refractivity contribution in [2.45, 2.75) is 13.8 Å². The summed E-state index contributed by atoms with van der Waals surface area (Å²) in [7, 11) is 0. The van der Waals surface area contributed by atoms with Crippen molar-refractivity contribution in [3.8, 4) is 5.75 Å². The first-order valence-corrected chi connectivity index (χ1v) is 6.51. The Morgan fingerprint density at radius 2 is 1.95 bits per heavy atom. The lowest BCUT2D eigenvalue weighted by atomic mass is 10.2. The molecule has 1 rings (SSSR count). The number of hydrogen-bond acceptors (Lipinski definition) is 4. The van der Waals surface area contributed by atoms with Crippen LogP contribution in [0.15, 0.2) is 24.3 Å². The molecular formula is C14H21N3O3. The molecule has 0 saturated heterocycles. The zero-order valence-corrected chi connectivity index (χ0v) is 11.8. The Hall–Kier alpha value is -2.08. The molecular weight excluding hydrogens is 258 g/mol. The van der Waals surface area contributed by atoms with Gasteiger partial charge >= 0.3 is 0 Å². The van der Waals surface area contributed by atoms with Crippen LogP contribution < -0.4 is 21.1 Å². The number of carbonyl (C=O) groups is 2. The minimum Gasteiger partial charge on any atom is -0.491 e. The molecule has 20 heavy (non-hydrogen) atoms. The predicted molar refractivity (Wildman–Crippen MR) is 77.5 cm³/mol. The van der Waals surface area contributed by atoms with Crippen LogP contribution in [0.4, 0.5) is 5.69 Å². The fourth-order valence-corrected chi connectivity index (χ4v) is 1.40. The highest BCUT2D eigenvalue weighted by Crippen LogP contribution is 2.24. The van der Waals surface area contributed by atoms with Gasteiger partial charge in [-0.2, -0.15) is 0 Å². The zero-order valence-electron chi connectivity index (χ0n) is 11.8. The zero-order chi connectivity index (χ0) is 15.0. The van der Waals surface area contributed by atoms with Gasteiger partial charge in [-0.1, -0.05) is 26.0 Å². The molecule has 0 aromatic heterocycles. The molecule has 4 N–H and O–H groups in total. The fourth-order valence-electron chi connectivity index (χ4n) is 1.40. The van der Waals surface area contributed by atoms with Crippen LogP contribution in [-0.4, -0.2) is 31.5 Å². The number of nitrogens with one attached hydrogen (secondary N) is 2. The summed E-state index contributed by atoms with van der Waals surface area (Å²) in [5.74, 6) is 0.305. The molecule has 0 fully saturated rings. The maximum Gasteiger partial charge on any atom is 0.243 e. The van der Waals surface area contributed by atoms with E-state index in [-0.39, 0.29) is 24.9 Å². The highest BCUT2D eigenvalue weighted by molar-refractivity contribution is 5.95. The van der Waals surface area contributed by atoms with Crippen LogP contribution in [0.3, 0.4) is 0 Å². The summed E-state index contributed by atoms with van der Waals surface area (Å²) in [6.07, 6.45) is 0. The van der Waals surface area contributed by atoms with Crippen LogP contribution in [-0.2, 0) is 9.59 Å². The molecule has 0 heterocycles. The van der Waals surface area contributed by atoms with Crippen LogP contribution in [0.1, 0.15) is 13.8 Å². The van der Waals surface area contributed by atoms with E-state index < -0.39 is 0 Å². The highest BCUT2D eigenvalue weighted by Gasteiger charge is 2.09. The Bertz CT molecular complexity index is 461. The van der Waals surface area contributed by atoms with Gasteiger partial charge in [0.2, 0.25) is 11.8 Å². The fraction of sp³-hybridized carbons (Fsp3) is 0.429. The Labute approximate surface area is 118 Å². The topological polar surface area (TPSA) is 93.5 Å². The van der Waals surface area contributed by atoms with Crippen LogP contribution in [0, 0.1) is 5.92 Å². The minimum atomic E-state index is -0.371. The van der Waals surface area contributed by atoms with Crippen LogP contribution in [0.25, 0.3) is 0 Å². The van der Waals surface area contributed by atoms with Crippen molar-refractivity contribution in [3.63, 3.8) is 0 Å². The summed E-state index contributed by atoms with van der Waals surface area (Å²) in [4.78, 5) is 22.7. The van der Waals surface area contributed by atoms with Crippen LogP contribution in [0.2, 0.25) is 0 Å². The van der Waals surface area contributed by atoms with Gasteiger partial charge in [0.25, 0.3) is 0 Å². The van der Waals surface area contributed by atoms with Crippen molar-refractivity contribution < 1.29 is 14.3 Å². The average Bonchev–Trinajstić information content (AvgIpc) is 2.43. The van der Waals surface area contributed by atoms with E-state index in [0.29, 0.717) is 24.0 Å². The van der Waals surface area contributed by atoms with E-state index in [4.69, 9.17) is 10.5 Å². The van der Waals surface area contributed by atoms with E-state index in [1.165, 1.54) is 0 Å². The lowest BCUT2D eigenvalue weighted by Crippen LogP contribution is -2.36. The summed E-state index contributed by atoms with van der Waals surface area (Å²) < 4.78 is 5.62. The summed E-state index contributed by atoms with van der Waals surface area (Å²) in [5.41, 5.74) is 5.72. The summed E-state index contributed by atoms with van der Waals surface area (Å²) >= 11 is 0. The molecule has 0 aliphatic heterocycles.